The maximum atomic E-state index is 10.8. The van der Waals surface area contributed by atoms with Gasteiger partial charge in [0.2, 0.25) is 0 Å². The van der Waals surface area contributed by atoms with E-state index in [0.717, 1.165) is 18.2 Å². The standard InChI is InChI=1S/2C7H7O5P/c8-7(9)5-2-1-3-6(4-5)13(10,11)12;8-7(9)5-3-1-2-4-6(5)13(10,11)12/h2*1-4H,(H,8,9)(H2,10,11,12). The van der Waals surface area contributed by atoms with E-state index < -0.39 is 32.4 Å². The van der Waals surface area contributed by atoms with Crippen LogP contribution >= 0.6 is 15.2 Å². The first-order valence-electron chi connectivity index (χ1n) is 6.62. The third-order valence-corrected chi connectivity index (χ3v) is 4.85. The Morgan fingerprint density at radius 3 is 1.73 bits per heavy atom. The fourth-order valence-corrected chi connectivity index (χ4v) is 3.08. The second-order valence-corrected chi connectivity index (χ2v) is 7.94. The largest absolute Gasteiger partial charge is 0.478 e. The highest BCUT2D eigenvalue weighted by atomic mass is 31.2. The predicted octanol–water partition coefficient (Wildman–Crippen LogP) is 0.376. The van der Waals surface area contributed by atoms with E-state index in [1.807, 2.05) is 0 Å². The number of aromatic carboxylic acids is 2. The first-order valence-corrected chi connectivity index (χ1v) is 9.84. The summed E-state index contributed by atoms with van der Waals surface area (Å²) < 4.78 is 21.5. The molecule has 0 bridgehead atoms. The van der Waals surface area contributed by atoms with Crippen LogP contribution in [0.3, 0.4) is 0 Å². The average Bonchev–Trinajstić information content (AvgIpc) is 2.54. The van der Waals surface area contributed by atoms with Crippen LogP contribution in [0.1, 0.15) is 20.7 Å². The zero-order chi connectivity index (χ0) is 20.1. The van der Waals surface area contributed by atoms with E-state index in [9.17, 15) is 18.7 Å². The number of benzene rings is 2. The van der Waals surface area contributed by atoms with Crippen molar-refractivity contribution in [2.24, 2.45) is 0 Å². The van der Waals surface area contributed by atoms with Crippen molar-refractivity contribution >= 4 is 37.7 Å². The van der Waals surface area contributed by atoms with Gasteiger partial charge in [-0.05, 0) is 30.3 Å². The number of hydrogen-bond acceptors (Lipinski definition) is 4. The van der Waals surface area contributed by atoms with Crippen LogP contribution in [0, 0.1) is 0 Å². The van der Waals surface area contributed by atoms with Crippen LogP contribution in [0.25, 0.3) is 0 Å². The Labute approximate surface area is 146 Å². The molecule has 0 amide bonds. The molecule has 26 heavy (non-hydrogen) atoms. The fourth-order valence-electron chi connectivity index (χ4n) is 1.73. The van der Waals surface area contributed by atoms with Crippen LogP contribution in [-0.2, 0) is 9.13 Å². The quantitative estimate of drug-likeness (QED) is 0.388. The maximum Gasteiger partial charge on any atom is 0.357 e. The third kappa shape index (κ3) is 6.20. The summed E-state index contributed by atoms with van der Waals surface area (Å²) in [6, 6.07) is 9.74. The Morgan fingerprint density at radius 1 is 0.731 bits per heavy atom. The zero-order valence-corrected chi connectivity index (χ0v) is 14.6. The SMILES string of the molecule is O=C(O)c1cccc(P(=O)(O)O)c1.O=C(O)c1ccccc1P(=O)(O)O. The van der Waals surface area contributed by atoms with E-state index in [1.165, 1.54) is 30.3 Å². The maximum absolute atomic E-state index is 10.8. The highest BCUT2D eigenvalue weighted by Crippen LogP contribution is 2.34. The van der Waals surface area contributed by atoms with Crippen molar-refractivity contribution in [2.75, 3.05) is 0 Å². The lowest BCUT2D eigenvalue weighted by Gasteiger charge is -2.06. The molecule has 0 spiro atoms. The molecule has 6 N–H and O–H groups in total. The summed E-state index contributed by atoms with van der Waals surface area (Å²) in [4.78, 5) is 55.9. The van der Waals surface area contributed by atoms with E-state index in [4.69, 9.17) is 29.8 Å². The Kier molecular flexibility index (Phi) is 7.00. The molecule has 12 heteroatoms. The number of carboxylic acids is 2. The second kappa shape index (κ2) is 8.37. The van der Waals surface area contributed by atoms with Crippen LogP contribution < -0.4 is 10.6 Å². The van der Waals surface area contributed by atoms with Crippen molar-refractivity contribution in [3.63, 3.8) is 0 Å². The van der Waals surface area contributed by atoms with Gasteiger partial charge < -0.3 is 29.8 Å². The Balaban J connectivity index is 0.000000260. The van der Waals surface area contributed by atoms with Crippen molar-refractivity contribution in [2.45, 2.75) is 0 Å². The first kappa shape index (κ1) is 21.7. The van der Waals surface area contributed by atoms with Gasteiger partial charge in [0.05, 0.1) is 21.7 Å². The number of rotatable bonds is 4. The molecule has 0 saturated heterocycles. The van der Waals surface area contributed by atoms with E-state index in [-0.39, 0.29) is 16.4 Å². The molecule has 0 aliphatic heterocycles. The van der Waals surface area contributed by atoms with Gasteiger partial charge in [0, 0.05) is 0 Å². The predicted molar refractivity (Wildman–Crippen MR) is 90.2 cm³/mol. The summed E-state index contributed by atoms with van der Waals surface area (Å²) in [6.45, 7) is 0. The smallest absolute Gasteiger partial charge is 0.357 e. The van der Waals surface area contributed by atoms with Gasteiger partial charge in [0.1, 0.15) is 0 Å². The van der Waals surface area contributed by atoms with E-state index >= 15 is 0 Å². The molecule has 2 aromatic carbocycles. The van der Waals surface area contributed by atoms with Crippen LogP contribution in [0.15, 0.2) is 48.5 Å². The van der Waals surface area contributed by atoms with Crippen LogP contribution in [0.2, 0.25) is 0 Å². The molecule has 10 nitrogen and oxygen atoms in total. The van der Waals surface area contributed by atoms with Gasteiger partial charge in [-0.1, -0.05) is 18.2 Å². The zero-order valence-electron chi connectivity index (χ0n) is 12.8. The summed E-state index contributed by atoms with van der Waals surface area (Å²) in [5.74, 6) is -2.56. The highest BCUT2D eigenvalue weighted by molar-refractivity contribution is 7.60. The summed E-state index contributed by atoms with van der Waals surface area (Å²) >= 11 is 0. The lowest BCUT2D eigenvalue weighted by Crippen LogP contribution is -2.15. The molecule has 0 saturated carbocycles. The average molecular weight is 404 g/mol. The molecule has 0 fully saturated rings. The fraction of sp³-hybridized carbons (Fsp3) is 0. The molecule has 0 atom stereocenters. The summed E-state index contributed by atoms with van der Waals surface area (Å²) in [5.41, 5.74) is -0.503. The molecule has 0 heterocycles. The Hall–Kier alpha value is -2.32. The number of carbonyl (C=O) groups is 2. The van der Waals surface area contributed by atoms with Crippen LogP contribution in [0.4, 0.5) is 0 Å². The summed E-state index contributed by atoms with van der Waals surface area (Å²) in [7, 11) is -8.84. The first-order chi connectivity index (χ1) is 11.8. The topological polar surface area (TPSA) is 190 Å². The second-order valence-electron chi connectivity index (χ2n) is 4.77. The van der Waals surface area contributed by atoms with Gasteiger partial charge in [-0.3, -0.25) is 9.13 Å². The minimum Gasteiger partial charge on any atom is -0.478 e. The van der Waals surface area contributed by atoms with Gasteiger partial charge in [-0.2, -0.15) is 0 Å². The molecule has 2 aromatic rings. The van der Waals surface area contributed by atoms with Crippen molar-refractivity contribution in [1.82, 2.24) is 0 Å². The van der Waals surface area contributed by atoms with Gasteiger partial charge in [-0.15, -0.1) is 0 Å². The highest BCUT2D eigenvalue weighted by Gasteiger charge is 2.23. The van der Waals surface area contributed by atoms with E-state index in [0.29, 0.717) is 0 Å². The molecule has 0 radical (unpaired) electrons. The number of carboxylic acid groups (broad SMARTS) is 2. The number of hydrogen-bond donors (Lipinski definition) is 6. The summed E-state index contributed by atoms with van der Waals surface area (Å²) in [6.07, 6.45) is 0. The normalized spacial score (nSPS) is 11.2. The lowest BCUT2D eigenvalue weighted by atomic mass is 10.2. The molecule has 2 rings (SSSR count). The minimum absolute atomic E-state index is 0.138. The molecule has 140 valence electrons. The Morgan fingerprint density at radius 2 is 1.31 bits per heavy atom. The molecular weight excluding hydrogens is 390 g/mol. The van der Waals surface area contributed by atoms with Crippen LogP contribution in [-0.4, -0.2) is 41.7 Å². The third-order valence-electron chi connectivity index (χ3n) is 2.88. The Bertz CT molecular complexity index is 911. The van der Waals surface area contributed by atoms with Gasteiger partial charge in [0.15, 0.2) is 0 Å². The van der Waals surface area contributed by atoms with Crippen molar-refractivity contribution in [1.29, 1.82) is 0 Å². The molecule has 0 unspecified atom stereocenters. The molecular formula is C14H14O10P2. The van der Waals surface area contributed by atoms with Crippen molar-refractivity contribution in [3.05, 3.63) is 59.7 Å². The van der Waals surface area contributed by atoms with Crippen molar-refractivity contribution < 1.29 is 48.5 Å². The van der Waals surface area contributed by atoms with E-state index in [2.05, 4.69) is 0 Å². The minimum atomic E-state index is -4.49. The monoisotopic (exact) mass is 404 g/mol. The van der Waals surface area contributed by atoms with E-state index in [1.54, 1.807) is 0 Å². The van der Waals surface area contributed by atoms with Crippen molar-refractivity contribution in [3.8, 4) is 0 Å². The summed E-state index contributed by atoms with van der Waals surface area (Å²) in [5, 5.41) is 16.4. The van der Waals surface area contributed by atoms with Gasteiger partial charge >= 0.3 is 27.1 Å². The molecule has 0 aliphatic carbocycles. The van der Waals surface area contributed by atoms with Crippen LogP contribution in [0.5, 0.6) is 0 Å². The van der Waals surface area contributed by atoms with Gasteiger partial charge in [0.25, 0.3) is 0 Å². The lowest BCUT2D eigenvalue weighted by molar-refractivity contribution is 0.0686. The molecule has 0 aromatic heterocycles. The molecule has 0 aliphatic rings. The van der Waals surface area contributed by atoms with Gasteiger partial charge in [-0.25, -0.2) is 9.59 Å².